The van der Waals surface area contributed by atoms with E-state index in [4.69, 9.17) is 9.47 Å². The fourth-order valence-corrected chi connectivity index (χ4v) is 9.95. The van der Waals surface area contributed by atoms with Crippen LogP contribution in [0, 0.1) is 23.7 Å². The summed E-state index contributed by atoms with van der Waals surface area (Å²) < 4.78 is 13.1. The molecule has 4 bridgehead atoms. The minimum atomic E-state index is -0.519. The van der Waals surface area contributed by atoms with Crippen LogP contribution in [-0.2, 0) is 9.47 Å². The van der Waals surface area contributed by atoms with Crippen molar-refractivity contribution < 1.29 is 19.1 Å². The summed E-state index contributed by atoms with van der Waals surface area (Å²) in [4.78, 5) is 42.6. The normalized spacial score (nSPS) is 28.3. The Balaban J connectivity index is 1.02. The van der Waals surface area contributed by atoms with E-state index in [2.05, 4.69) is 45.1 Å². The number of carbonyl (C=O) groups is 2. The van der Waals surface area contributed by atoms with E-state index in [1.54, 1.807) is 36.7 Å². The summed E-state index contributed by atoms with van der Waals surface area (Å²) >= 11 is 0. The van der Waals surface area contributed by atoms with Crippen LogP contribution in [0.4, 0.5) is 0 Å². The molecule has 2 aromatic heterocycles. The molecule has 3 aromatic carbocycles. The van der Waals surface area contributed by atoms with Gasteiger partial charge in [0.2, 0.25) is 0 Å². The van der Waals surface area contributed by atoms with Crippen LogP contribution in [0.25, 0.3) is 21.8 Å². The second kappa shape index (κ2) is 14.6. The fraction of sp³-hybridized carbons (Fsp3) is 0.348. The van der Waals surface area contributed by atoms with Gasteiger partial charge in [0.05, 0.1) is 34.2 Å². The molecule has 8 nitrogen and oxygen atoms in total. The minimum Gasteiger partial charge on any atom is -0.452 e. The van der Waals surface area contributed by atoms with Gasteiger partial charge in [0.25, 0.3) is 0 Å². The predicted molar refractivity (Wildman–Crippen MR) is 210 cm³/mol. The van der Waals surface area contributed by atoms with Gasteiger partial charge in [-0.2, -0.15) is 0 Å². The Kier molecular flexibility index (Phi) is 9.33. The lowest BCUT2D eigenvalue weighted by Crippen LogP contribution is -2.55. The molecule has 6 aliphatic rings. The molecule has 10 atom stereocenters. The molecular weight excluding hydrogens is 673 g/mol. The largest absolute Gasteiger partial charge is 0.452 e. The highest BCUT2D eigenvalue weighted by Crippen LogP contribution is 2.45. The number of fused-ring (bicyclic) bond motifs is 8. The van der Waals surface area contributed by atoms with Crippen LogP contribution in [-0.4, -0.2) is 70.0 Å². The quantitative estimate of drug-likeness (QED) is 0.105. The molecule has 0 N–H and O–H groups in total. The number of esters is 2. The van der Waals surface area contributed by atoms with Crippen molar-refractivity contribution in [3.63, 3.8) is 0 Å². The predicted octanol–water partition coefficient (Wildman–Crippen LogP) is 8.37. The molecule has 0 spiro atoms. The molecule has 0 aliphatic carbocycles. The summed E-state index contributed by atoms with van der Waals surface area (Å²) in [6.07, 6.45) is 10.8. The van der Waals surface area contributed by atoms with Crippen LogP contribution >= 0.6 is 0 Å². The second-order valence-electron chi connectivity index (χ2n) is 15.6. The van der Waals surface area contributed by atoms with Gasteiger partial charge in [-0.15, -0.1) is 13.2 Å². The number of carbonyl (C=O) groups excluding carboxylic acids is 2. The number of para-hydroxylation sites is 2. The van der Waals surface area contributed by atoms with Gasteiger partial charge in [-0.05, 0) is 105 Å². The monoisotopic (exact) mass is 718 g/mol. The Morgan fingerprint density at radius 3 is 1.54 bits per heavy atom. The molecule has 5 aromatic rings. The van der Waals surface area contributed by atoms with E-state index in [1.807, 2.05) is 60.7 Å². The van der Waals surface area contributed by atoms with Crippen molar-refractivity contribution in [1.29, 1.82) is 0 Å². The highest BCUT2D eigenvalue weighted by molar-refractivity contribution is 5.96. The fourth-order valence-electron chi connectivity index (χ4n) is 9.95. The molecule has 8 heteroatoms. The van der Waals surface area contributed by atoms with Gasteiger partial charge in [0, 0.05) is 47.4 Å². The lowest BCUT2D eigenvalue weighted by Gasteiger charge is -2.51. The average Bonchev–Trinajstić information content (AvgIpc) is 3.24. The summed E-state index contributed by atoms with van der Waals surface area (Å²) in [5.41, 5.74) is 4.24. The van der Waals surface area contributed by atoms with Crippen molar-refractivity contribution in [2.45, 2.75) is 50.0 Å². The average molecular weight is 719 g/mol. The molecule has 0 saturated carbocycles. The SMILES string of the molecule is C=C[C@H]1CN2CC[C@H]1C[C@@H]2[C@@H](OC(=O)c1cccc(C(=O)O[C@@H](c2ccnc3ccccc23)[C@H]2C[C@@H]3CCN2C[C@@H]3C=C)c1)c1ccnc2ccccc12. The molecule has 8 heterocycles. The van der Waals surface area contributed by atoms with Gasteiger partial charge in [0.15, 0.2) is 0 Å². The third-order valence-electron chi connectivity index (χ3n) is 12.8. The summed E-state index contributed by atoms with van der Waals surface area (Å²) in [7, 11) is 0. The number of pyridine rings is 2. The third kappa shape index (κ3) is 6.31. The zero-order chi connectivity index (χ0) is 36.8. The molecule has 6 fully saturated rings. The standard InChI is InChI=1S/C46H46N4O4/c1-3-29-27-49-22-18-31(29)25-41(49)43(37-16-20-47-39-14-7-5-12-35(37)39)53-45(51)33-10-9-11-34(24-33)46(52)54-44(38-17-21-48-40-15-8-6-13-36(38)40)42-26-32-19-23-50(42)28-30(32)4-2/h3-17,20-21,24,29-32,41-44H,1-2,18-19,22-23,25-28H2/t29-,30-,31-,32-,41+,42+,43-,44-/m0/s1. The van der Waals surface area contributed by atoms with E-state index in [1.165, 1.54) is 0 Å². The van der Waals surface area contributed by atoms with Crippen LogP contribution in [0.3, 0.4) is 0 Å². The first-order valence-electron chi connectivity index (χ1n) is 19.4. The summed E-state index contributed by atoms with van der Waals surface area (Å²) in [6, 6.07) is 26.8. The van der Waals surface area contributed by atoms with Gasteiger partial charge in [-0.3, -0.25) is 19.8 Å². The van der Waals surface area contributed by atoms with Crippen LogP contribution in [0.2, 0.25) is 0 Å². The third-order valence-corrected chi connectivity index (χ3v) is 12.8. The molecule has 6 aliphatic heterocycles. The number of aromatic nitrogens is 2. The van der Waals surface area contributed by atoms with Crippen molar-refractivity contribution in [2.24, 2.45) is 23.7 Å². The maximum Gasteiger partial charge on any atom is 0.338 e. The van der Waals surface area contributed by atoms with Gasteiger partial charge in [-0.25, -0.2) is 9.59 Å². The summed E-state index contributed by atoms with van der Waals surface area (Å²) in [5, 5.41) is 1.94. The first-order valence-corrected chi connectivity index (χ1v) is 19.4. The minimum absolute atomic E-state index is 0.0142. The van der Waals surface area contributed by atoms with Gasteiger partial charge in [-0.1, -0.05) is 54.6 Å². The first kappa shape index (κ1) is 34.6. The smallest absolute Gasteiger partial charge is 0.338 e. The molecule has 11 rings (SSSR count). The maximum absolute atomic E-state index is 14.2. The summed E-state index contributed by atoms with van der Waals surface area (Å²) in [6.45, 7) is 11.9. The lowest BCUT2D eigenvalue weighted by atomic mass is 9.73. The van der Waals surface area contributed by atoms with Crippen molar-refractivity contribution in [3.8, 4) is 0 Å². The number of ether oxygens (including phenoxy) is 2. The Bertz CT molecular complexity index is 2070. The highest BCUT2D eigenvalue weighted by atomic mass is 16.5. The van der Waals surface area contributed by atoms with E-state index in [0.29, 0.717) is 34.8 Å². The molecule has 2 unspecified atom stereocenters. The summed E-state index contributed by atoms with van der Waals surface area (Å²) in [5.74, 6) is 0.910. The maximum atomic E-state index is 14.2. The lowest BCUT2D eigenvalue weighted by molar-refractivity contribution is -0.0570. The molecule has 6 saturated heterocycles. The Labute approximate surface area is 316 Å². The number of rotatable bonds is 10. The number of hydrogen-bond acceptors (Lipinski definition) is 8. The number of hydrogen-bond donors (Lipinski definition) is 0. The molecule has 274 valence electrons. The number of piperidine rings is 6. The van der Waals surface area contributed by atoms with Crippen LogP contribution in [0.5, 0.6) is 0 Å². The van der Waals surface area contributed by atoms with E-state index in [9.17, 15) is 9.59 Å². The topological polar surface area (TPSA) is 84.9 Å². The van der Waals surface area contributed by atoms with E-state index < -0.39 is 24.1 Å². The molecular formula is C46H46N4O4. The van der Waals surface area contributed by atoms with Crippen molar-refractivity contribution in [3.05, 3.63) is 145 Å². The Morgan fingerprint density at radius 2 is 1.11 bits per heavy atom. The van der Waals surface area contributed by atoms with Crippen LogP contribution in [0.1, 0.15) is 69.7 Å². The van der Waals surface area contributed by atoms with Gasteiger partial charge >= 0.3 is 11.9 Å². The number of nitrogens with zero attached hydrogens (tertiary/aromatic N) is 4. The molecule has 0 amide bonds. The molecule has 0 radical (unpaired) electrons. The second-order valence-corrected chi connectivity index (χ2v) is 15.6. The van der Waals surface area contributed by atoms with Crippen molar-refractivity contribution in [2.75, 3.05) is 26.2 Å². The van der Waals surface area contributed by atoms with E-state index >= 15 is 0 Å². The van der Waals surface area contributed by atoms with Crippen LogP contribution in [0.15, 0.2) is 123 Å². The zero-order valence-electron chi connectivity index (χ0n) is 30.5. The van der Waals surface area contributed by atoms with Gasteiger partial charge < -0.3 is 9.47 Å². The first-order chi connectivity index (χ1) is 26.5. The molecule has 54 heavy (non-hydrogen) atoms. The zero-order valence-corrected chi connectivity index (χ0v) is 30.5. The highest BCUT2D eigenvalue weighted by Gasteiger charge is 2.46. The van der Waals surface area contributed by atoms with Crippen molar-refractivity contribution >= 4 is 33.7 Å². The van der Waals surface area contributed by atoms with E-state index in [0.717, 1.165) is 84.8 Å². The van der Waals surface area contributed by atoms with Gasteiger partial charge in [0.1, 0.15) is 12.2 Å². The number of benzene rings is 3. The van der Waals surface area contributed by atoms with Crippen molar-refractivity contribution in [1.82, 2.24) is 19.8 Å². The van der Waals surface area contributed by atoms with Crippen LogP contribution < -0.4 is 0 Å². The Morgan fingerprint density at radius 1 is 0.648 bits per heavy atom. The van der Waals surface area contributed by atoms with E-state index in [-0.39, 0.29) is 12.1 Å². The Hall–Kier alpha value is -5.18.